The molecule has 3 aromatic carbocycles. The van der Waals surface area contributed by atoms with Crippen LogP contribution in [-0.2, 0) is 10.1 Å². The zero-order valence-electron chi connectivity index (χ0n) is 13.2. The lowest BCUT2D eigenvalue weighted by molar-refractivity contribution is 0.449. The average Bonchev–Trinajstić information content (AvgIpc) is 2.63. The van der Waals surface area contributed by atoms with E-state index in [1.165, 1.54) is 24.3 Å². The molecular weight excluding hydrogens is 356 g/mol. The lowest BCUT2D eigenvalue weighted by atomic mass is 10.1. The van der Waals surface area contributed by atoms with Crippen LogP contribution in [0.1, 0.15) is 0 Å². The van der Waals surface area contributed by atoms with Crippen molar-refractivity contribution in [2.24, 2.45) is 0 Å². The maximum atomic E-state index is 12.6. The molecule has 2 N–H and O–H groups in total. The molecule has 0 saturated heterocycles. The van der Waals surface area contributed by atoms with E-state index in [0.29, 0.717) is 10.9 Å². The van der Waals surface area contributed by atoms with Crippen molar-refractivity contribution in [1.82, 2.24) is 0 Å². The van der Waals surface area contributed by atoms with Crippen LogP contribution in [0.5, 0.6) is 5.75 Å². The van der Waals surface area contributed by atoms with Crippen molar-refractivity contribution >= 4 is 31.9 Å². The fraction of sp³-hybridized carbons (Fsp3) is 0. The molecule has 0 atom stereocenters. The maximum absolute atomic E-state index is 12.6. The van der Waals surface area contributed by atoms with Gasteiger partial charge in [-0.3, -0.25) is 9.35 Å². The van der Waals surface area contributed by atoms with E-state index in [4.69, 9.17) is 4.42 Å². The van der Waals surface area contributed by atoms with Gasteiger partial charge in [0.1, 0.15) is 10.5 Å². The SMILES string of the molecule is O=c1c(O)c(-c2ccccc2)oc2cc3c(S(=O)(=O)O)cccc3cc12. The number of rotatable bonds is 2. The molecule has 0 saturated carbocycles. The normalized spacial score (nSPS) is 11.9. The van der Waals surface area contributed by atoms with Crippen LogP contribution >= 0.6 is 0 Å². The van der Waals surface area contributed by atoms with E-state index < -0.39 is 21.3 Å². The quantitative estimate of drug-likeness (QED) is 0.414. The molecule has 1 heterocycles. The third-order valence-electron chi connectivity index (χ3n) is 4.14. The van der Waals surface area contributed by atoms with Crippen LogP contribution < -0.4 is 5.43 Å². The van der Waals surface area contributed by atoms with Crippen molar-refractivity contribution in [1.29, 1.82) is 0 Å². The van der Waals surface area contributed by atoms with Crippen LogP contribution in [0, 0.1) is 0 Å². The summed E-state index contributed by atoms with van der Waals surface area (Å²) in [6.07, 6.45) is 0. The Balaban J connectivity index is 2.13. The molecule has 0 bridgehead atoms. The summed E-state index contributed by atoms with van der Waals surface area (Å²) in [5.41, 5.74) is -0.00771. The second-order valence-corrected chi connectivity index (χ2v) is 7.17. The van der Waals surface area contributed by atoms with Gasteiger partial charge in [0.25, 0.3) is 10.1 Å². The largest absolute Gasteiger partial charge is 0.502 e. The summed E-state index contributed by atoms with van der Waals surface area (Å²) in [5.74, 6) is -0.527. The first kappa shape index (κ1) is 16.3. The molecule has 1 aromatic heterocycles. The first-order chi connectivity index (χ1) is 12.4. The number of benzene rings is 3. The van der Waals surface area contributed by atoms with E-state index in [1.807, 2.05) is 0 Å². The van der Waals surface area contributed by atoms with Crippen LogP contribution in [0.2, 0.25) is 0 Å². The number of hydrogen-bond acceptors (Lipinski definition) is 5. The van der Waals surface area contributed by atoms with Gasteiger partial charge in [-0.15, -0.1) is 0 Å². The van der Waals surface area contributed by atoms with Gasteiger partial charge in [-0.25, -0.2) is 0 Å². The van der Waals surface area contributed by atoms with Crippen molar-refractivity contribution < 1.29 is 22.5 Å². The highest BCUT2D eigenvalue weighted by Gasteiger charge is 2.19. The lowest BCUT2D eigenvalue weighted by Gasteiger charge is -2.08. The predicted octanol–water partition coefficient (Wildman–Crippen LogP) is 3.57. The minimum atomic E-state index is -4.45. The Morgan fingerprint density at radius 2 is 1.62 bits per heavy atom. The van der Waals surface area contributed by atoms with Crippen molar-refractivity contribution in [2.75, 3.05) is 0 Å². The predicted molar refractivity (Wildman–Crippen MR) is 96.9 cm³/mol. The van der Waals surface area contributed by atoms with Crippen LogP contribution in [0.15, 0.2) is 74.8 Å². The van der Waals surface area contributed by atoms with Crippen LogP contribution in [0.25, 0.3) is 33.1 Å². The summed E-state index contributed by atoms with van der Waals surface area (Å²) in [6.45, 7) is 0. The van der Waals surface area contributed by atoms with Gasteiger partial charge in [0.15, 0.2) is 5.76 Å². The van der Waals surface area contributed by atoms with Gasteiger partial charge < -0.3 is 9.52 Å². The topological polar surface area (TPSA) is 105 Å². The van der Waals surface area contributed by atoms with E-state index in [0.717, 1.165) is 0 Å². The number of hydrogen-bond donors (Lipinski definition) is 2. The molecule has 4 rings (SSSR count). The minimum Gasteiger partial charge on any atom is -0.502 e. The van der Waals surface area contributed by atoms with Crippen molar-refractivity contribution in [3.63, 3.8) is 0 Å². The second-order valence-electron chi connectivity index (χ2n) is 5.78. The van der Waals surface area contributed by atoms with Crippen LogP contribution in [-0.4, -0.2) is 18.1 Å². The number of fused-ring (bicyclic) bond motifs is 2. The van der Waals surface area contributed by atoms with Gasteiger partial charge in [-0.05, 0) is 23.6 Å². The molecular formula is C19H12O6S. The Morgan fingerprint density at radius 3 is 2.31 bits per heavy atom. The molecule has 0 aliphatic rings. The van der Waals surface area contributed by atoms with Gasteiger partial charge in [0.2, 0.25) is 11.2 Å². The second kappa shape index (κ2) is 5.69. The Morgan fingerprint density at radius 1 is 0.885 bits per heavy atom. The third-order valence-corrected chi connectivity index (χ3v) is 5.05. The van der Waals surface area contributed by atoms with Gasteiger partial charge in [0.05, 0.1) is 5.39 Å². The van der Waals surface area contributed by atoms with Crippen molar-refractivity contribution in [3.8, 4) is 17.1 Å². The van der Waals surface area contributed by atoms with Crippen LogP contribution in [0.4, 0.5) is 0 Å². The first-order valence-corrected chi connectivity index (χ1v) is 9.06. The highest BCUT2D eigenvalue weighted by atomic mass is 32.2. The zero-order valence-corrected chi connectivity index (χ0v) is 14.0. The standard InChI is InChI=1S/C19H12O6S/c20-17-14-9-12-7-4-8-16(26(22,23)24)13(12)10-15(14)25-19(18(17)21)11-5-2-1-3-6-11/h1-10,21H,(H,22,23,24). The summed E-state index contributed by atoms with van der Waals surface area (Å²) < 4.78 is 38.4. The summed E-state index contributed by atoms with van der Waals surface area (Å²) in [6, 6.07) is 15.7. The van der Waals surface area contributed by atoms with E-state index >= 15 is 0 Å². The highest BCUT2D eigenvalue weighted by molar-refractivity contribution is 7.86. The van der Waals surface area contributed by atoms with E-state index in [1.54, 1.807) is 36.4 Å². The summed E-state index contributed by atoms with van der Waals surface area (Å²) in [4.78, 5) is 12.3. The van der Waals surface area contributed by atoms with E-state index in [9.17, 15) is 22.9 Å². The van der Waals surface area contributed by atoms with Crippen molar-refractivity contribution in [2.45, 2.75) is 4.90 Å². The Kier molecular flexibility index (Phi) is 3.57. The summed E-state index contributed by atoms with van der Waals surface area (Å²) >= 11 is 0. The molecule has 6 nitrogen and oxygen atoms in total. The van der Waals surface area contributed by atoms with Gasteiger partial charge in [-0.1, -0.05) is 42.5 Å². The Bertz CT molecular complexity index is 1320. The summed E-state index contributed by atoms with van der Waals surface area (Å²) in [5, 5.41) is 11.0. The minimum absolute atomic E-state index is 0.00760. The van der Waals surface area contributed by atoms with Crippen LogP contribution in [0.3, 0.4) is 0 Å². The number of aromatic hydroxyl groups is 1. The molecule has 0 aliphatic carbocycles. The van der Waals surface area contributed by atoms with Gasteiger partial charge in [0, 0.05) is 10.9 Å². The zero-order chi connectivity index (χ0) is 18.5. The molecule has 0 aliphatic heterocycles. The first-order valence-electron chi connectivity index (χ1n) is 7.62. The molecule has 0 fully saturated rings. The highest BCUT2D eigenvalue weighted by Crippen LogP contribution is 2.33. The molecule has 130 valence electrons. The fourth-order valence-corrected chi connectivity index (χ4v) is 3.64. The maximum Gasteiger partial charge on any atom is 0.295 e. The summed E-state index contributed by atoms with van der Waals surface area (Å²) in [7, 11) is -4.45. The van der Waals surface area contributed by atoms with Gasteiger partial charge >= 0.3 is 0 Å². The third kappa shape index (κ3) is 2.54. The van der Waals surface area contributed by atoms with Gasteiger partial charge in [-0.2, -0.15) is 8.42 Å². The average molecular weight is 368 g/mol. The molecule has 4 aromatic rings. The van der Waals surface area contributed by atoms with E-state index in [-0.39, 0.29) is 27.0 Å². The molecule has 0 amide bonds. The molecule has 7 heteroatoms. The van der Waals surface area contributed by atoms with E-state index in [2.05, 4.69) is 0 Å². The monoisotopic (exact) mass is 368 g/mol. The fourth-order valence-electron chi connectivity index (χ4n) is 2.94. The lowest BCUT2D eigenvalue weighted by Crippen LogP contribution is -2.04. The Hall–Kier alpha value is -3.16. The molecule has 0 radical (unpaired) electrons. The molecule has 0 unspecified atom stereocenters. The van der Waals surface area contributed by atoms with Crippen molar-refractivity contribution in [3.05, 3.63) is 70.9 Å². The Labute approximate surface area is 147 Å². The molecule has 0 spiro atoms. The smallest absolute Gasteiger partial charge is 0.295 e. The molecule has 26 heavy (non-hydrogen) atoms.